The first-order valence-corrected chi connectivity index (χ1v) is 7.76. The number of rotatable bonds is 9. The second-order valence-electron chi connectivity index (χ2n) is 5.36. The second-order valence-corrected chi connectivity index (χ2v) is 5.36. The Morgan fingerprint density at radius 1 is 1.26 bits per heavy atom. The van der Waals surface area contributed by atoms with Gasteiger partial charge in [0.25, 0.3) is 0 Å². The molecular formula is C15H28NO3. The zero-order valence-electron chi connectivity index (χ0n) is 12.4. The minimum atomic E-state index is -0.561. The molecule has 1 heterocycles. The van der Waals surface area contributed by atoms with Crippen molar-refractivity contribution in [2.45, 2.75) is 84.0 Å². The molecule has 0 aromatic heterocycles. The Labute approximate surface area is 117 Å². The van der Waals surface area contributed by atoms with Crippen LogP contribution in [-0.4, -0.2) is 25.0 Å². The van der Waals surface area contributed by atoms with Crippen LogP contribution in [0.4, 0.5) is 4.79 Å². The average molecular weight is 270 g/mol. The summed E-state index contributed by atoms with van der Waals surface area (Å²) in [6, 6.07) is 0. The highest BCUT2D eigenvalue weighted by atomic mass is 16.7. The summed E-state index contributed by atoms with van der Waals surface area (Å²) in [7, 11) is 0. The summed E-state index contributed by atoms with van der Waals surface area (Å²) in [4.78, 5) is 11.5. The third kappa shape index (κ3) is 8.09. The number of nitrogens with zero attached hydrogens (tertiary/aromatic N) is 1. The number of hydrogen-bond donors (Lipinski definition) is 0. The summed E-state index contributed by atoms with van der Waals surface area (Å²) in [6.07, 6.45) is 9.41. The summed E-state index contributed by atoms with van der Waals surface area (Å²) in [5, 5.41) is 4.16. The van der Waals surface area contributed by atoms with E-state index in [0.717, 1.165) is 32.2 Å². The predicted molar refractivity (Wildman–Crippen MR) is 75.0 cm³/mol. The minimum absolute atomic E-state index is 0.0555. The van der Waals surface area contributed by atoms with Gasteiger partial charge in [0, 0.05) is 13.0 Å². The van der Waals surface area contributed by atoms with Crippen LogP contribution in [0, 0.1) is 0 Å². The molecule has 4 heteroatoms. The Morgan fingerprint density at radius 2 is 2.00 bits per heavy atom. The fourth-order valence-corrected chi connectivity index (χ4v) is 2.26. The van der Waals surface area contributed by atoms with Crippen molar-refractivity contribution in [3.05, 3.63) is 0 Å². The molecule has 1 fully saturated rings. The highest BCUT2D eigenvalue weighted by Gasteiger charge is 2.21. The number of carbonyl (C=O) groups excluding carboxylic acids is 1. The molecule has 0 aromatic rings. The van der Waals surface area contributed by atoms with Crippen molar-refractivity contribution in [2.24, 2.45) is 0 Å². The summed E-state index contributed by atoms with van der Waals surface area (Å²) >= 11 is 0. The van der Waals surface area contributed by atoms with Crippen LogP contribution in [0.2, 0.25) is 0 Å². The molecule has 0 N–H and O–H groups in total. The second kappa shape index (κ2) is 10.1. The SMILES string of the molecule is CCCCCCCCC(C)OC(=O)OC1CCC[N]1. The van der Waals surface area contributed by atoms with Crippen LogP contribution in [-0.2, 0) is 9.47 Å². The maximum atomic E-state index is 11.5. The van der Waals surface area contributed by atoms with Gasteiger partial charge in [0.05, 0.1) is 0 Å². The van der Waals surface area contributed by atoms with Gasteiger partial charge in [-0.1, -0.05) is 39.0 Å². The lowest BCUT2D eigenvalue weighted by atomic mass is 10.1. The molecule has 1 rings (SSSR count). The lowest BCUT2D eigenvalue weighted by Gasteiger charge is -2.15. The molecule has 111 valence electrons. The summed E-state index contributed by atoms with van der Waals surface area (Å²) in [6.45, 7) is 4.95. The summed E-state index contributed by atoms with van der Waals surface area (Å²) in [5.41, 5.74) is 0. The summed E-state index contributed by atoms with van der Waals surface area (Å²) < 4.78 is 10.3. The van der Waals surface area contributed by atoms with Crippen LogP contribution in [0.3, 0.4) is 0 Å². The first-order chi connectivity index (χ1) is 9.22. The molecule has 0 bridgehead atoms. The minimum Gasteiger partial charge on any atom is -0.431 e. The van der Waals surface area contributed by atoms with Gasteiger partial charge in [-0.15, -0.1) is 0 Å². The van der Waals surface area contributed by atoms with Crippen LogP contribution in [0.15, 0.2) is 0 Å². The van der Waals surface area contributed by atoms with Crippen molar-refractivity contribution < 1.29 is 14.3 Å². The molecule has 0 aliphatic carbocycles. The third-order valence-electron chi connectivity index (χ3n) is 3.44. The van der Waals surface area contributed by atoms with Gasteiger partial charge in [-0.2, -0.15) is 0 Å². The molecule has 0 aromatic carbocycles. The predicted octanol–water partition coefficient (Wildman–Crippen LogP) is 4.00. The molecule has 1 aliphatic heterocycles. The molecule has 19 heavy (non-hydrogen) atoms. The van der Waals surface area contributed by atoms with E-state index in [-0.39, 0.29) is 12.3 Å². The average Bonchev–Trinajstić information content (AvgIpc) is 2.86. The Morgan fingerprint density at radius 3 is 2.68 bits per heavy atom. The third-order valence-corrected chi connectivity index (χ3v) is 3.44. The fraction of sp³-hybridized carbons (Fsp3) is 0.933. The zero-order chi connectivity index (χ0) is 13.9. The van der Waals surface area contributed by atoms with Crippen LogP contribution in [0.25, 0.3) is 0 Å². The van der Waals surface area contributed by atoms with Gasteiger partial charge in [0.15, 0.2) is 6.23 Å². The molecule has 4 nitrogen and oxygen atoms in total. The van der Waals surface area contributed by atoms with Gasteiger partial charge in [-0.05, 0) is 26.2 Å². The number of ether oxygens (including phenoxy) is 2. The number of carbonyl (C=O) groups is 1. The standard InChI is InChI=1S/C15H28NO3/c1-3-4-5-6-7-8-10-13(2)18-15(17)19-14-11-9-12-16-14/h13-14H,3-12H2,1-2H3. The molecular weight excluding hydrogens is 242 g/mol. The van der Waals surface area contributed by atoms with E-state index in [0.29, 0.717) is 0 Å². The quantitative estimate of drug-likeness (QED) is 0.470. The van der Waals surface area contributed by atoms with Gasteiger partial charge in [0.1, 0.15) is 6.10 Å². The van der Waals surface area contributed by atoms with E-state index in [9.17, 15) is 4.79 Å². The van der Waals surface area contributed by atoms with Crippen molar-refractivity contribution in [1.82, 2.24) is 5.32 Å². The zero-order valence-corrected chi connectivity index (χ0v) is 12.4. The smallest absolute Gasteiger partial charge is 0.431 e. The van der Waals surface area contributed by atoms with E-state index >= 15 is 0 Å². The van der Waals surface area contributed by atoms with E-state index in [4.69, 9.17) is 9.47 Å². The van der Waals surface area contributed by atoms with E-state index in [1.165, 1.54) is 32.1 Å². The van der Waals surface area contributed by atoms with Crippen molar-refractivity contribution in [2.75, 3.05) is 6.54 Å². The molecule has 2 atom stereocenters. The maximum Gasteiger partial charge on any atom is 0.510 e. The first kappa shape index (κ1) is 16.3. The van der Waals surface area contributed by atoms with Crippen molar-refractivity contribution in [3.8, 4) is 0 Å². The van der Waals surface area contributed by atoms with E-state index in [2.05, 4.69) is 12.2 Å². The van der Waals surface area contributed by atoms with Crippen molar-refractivity contribution in [1.29, 1.82) is 0 Å². The van der Waals surface area contributed by atoms with Gasteiger partial charge in [-0.3, -0.25) is 0 Å². The summed E-state index contributed by atoms with van der Waals surface area (Å²) in [5.74, 6) is 0. The van der Waals surface area contributed by atoms with Crippen LogP contribution in [0.5, 0.6) is 0 Å². The monoisotopic (exact) mass is 270 g/mol. The Balaban J connectivity index is 1.96. The van der Waals surface area contributed by atoms with E-state index in [1.54, 1.807) is 0 Å². The van der Waals surface area contributed by atoms with Crippen LogP contribution in [0.1, 0.15) is 71.6 Å². The highest BCUT2D eigenvalue weighted by Crippen LogP contribution is 2.13. The van der Waals surface area contributed by atoms with Gasteiger partial charge >= 0.3 is 6.16 Å². The Bertz CT molecular complexity index is 240. The van der Waals surface area contributed by atoms with Crippen molar-refractivity contribution in [3.63, 3.8) is 0 Å². The number of hydrogen-bond acceptors (Lipinski definition) is 3. The Kier molecular flexibility index (Phi) is 8.63. The molecule has 1 aliphatic rings. The van der Waals surface area contributed by atoms with E-state index < -0.39 is 6.16 Å². The topological polar surface area (TPSA) is 49.6 Å². The molecule has 0 spiro atoms. The molecule has 0 amide bonds. The molecule has 1 radical (unpaired) electrons. The van der Waals surface area contributed by atoms with Crippen molar-refractivity contribution >= 4 is 6.16 Å². The highest BCUT2D eigenvalue weighted by molar-refractivity contribution is 5.60. The van der Waals surface area contributed by atoms with Crippen LogP contribution < -0.4 is 5.32 Å². The largest absolute Gasteiger partial charge is 0.510 e. The van der Waals surface area contributed by atoms with Gasteiger partial charge in [-0.25, -0.2) is 10.1 Å². The number of unbranched alkanes of at least 4 members (excludes halogenated alkanes) is 5. The normalized spacial score (nSPS) is 20.2. The lowest BCUT2D eigenvalue weighted by molar-refractivity contribution is -0.00420. The maximum absolute atomic E-state index is 11.5. The molecule has 0 saturated carbocycles. The first-order valence-electron chi connectivity index (χ1n) is 7.76. The lowest BCUT2D eigenvalue weighted by Crippen LogP contribution is -2.25. The molecule has 2 unspecified atom stereocenters. The Hall–Kier alpha value is -0.770. The fourth-order valence-electron chi connectivity index (χ4n) is 2.26. The molecule has 1 saturated heterocycles. The van der Waals surface area contributed by atoms with E-state index in [1.807, 2.05) is 6.92 Å². The van der Waals surface area contributed by atoms with Gasteiger partial charge < -0.3 is 9.47 Å². The van der Waals surface area contributed by atoms with Crippen LogP contribution >= 0.6 is 0 Å². The van der Waals surface area contributed by atoms with Gasteiger partial charge in [0.2, 0.25) is 0 Å².